The summed E-state index contributed by atoms with van der Waals surface area (Å²) in [5.41, 5.74) is 0. The van der Waals surface area contributed by atoms with E-state index in [1.165, 1.54) is 11.8 Å². The van der Waals surface area contributed by atoms with Gasteiger partial charge < -0.3 is 15.3 Å². The topological polar surface area (TPSA) is 86.7 Å². The van der Waals surface area contributed by atoms with Crippen LogP contribution in [-0.2, 0) is 14.4 Å². The molecule has 0 saturated heterocycles. The third kappa shape index (κ3) is 4.77. The zero-order valence-corrected chi connectivity index (χ0v) is 12.1. The fourth-order valence-corrected chi connectivity index (χ4v) is 2.07. The van der Waals surface area contributed by atoms with Crippen LogP contribution < -0.4 is 5.32 Å². The molecule has 8 heteroatoms. The SMILES string of the molecule is CCN(C(=O)[C@H](CS)NC(C)=O)[C@H](CS)C(=O)O. The number of aliphatic carboxylic acids is 1. The number of carboxylic acid groups (broad SMARTS) is 1. The summed E-state index contributed by atoms with van der Waals surface area (Å²) in [5, 5.41) is 11.4. The second-order valence-electron chi connectivity index (χ2n) is 3.60. The highest BCUT2D eigenvalue weighted by Crippen LogP contribution is 2.06. The largest absolute Gasteiger partial charge is 0.480 e. The van der Waals surface area contributed by atoms with Crippen molar-refractivity contribution in [2.75, 3.05) is 18.1 Å². The smallest absolute Gasteiger partial charge is 0.327 e. The van der Waals surface area contributed by atoms with E-state index in [1.54, 1.807) is 6.92 Å². The Bertz CT molecular complexity index is 325. The number of nitrogens with zero attached hydrogens (tertiary/aromatic N) is 1. The number of carboxylic acids is 1. The molecule has 0 saturated carbocycles. The molecule has 0 aromatic rings. The molecule has 0 fully saturated rings. The van der Waals surface area contributed by atoms with Crippen LogP contribution in [0.1, 0.15) is 13.8 Å². The zero-order valence-electron chi connectivity index (χ0n) is 10.3. The number of hydrogen-bond acceptors (Lipinski definition) is 5. The maximum absolute atomic E-state index is 12.1. The number of hydrogen-bond donors (Lipinski definition) is 4. The molecule has 0 bridgehead atoms. The Kier molecular flexibility index (Phi) is 7.85. The highest BCUT2D eigenvalue weighted by Gasteiger charge is 2.31. The molecule has 104 valence electrons. The van der Waals surface area contributed by atoms with Crippen molar-refractivity contribution < 1.29 is 19.5 Å². The Labute approximate surface area is 117 Å². The molecule has 2 N–H and O–H groups in total. The molecule has 0 spiro atoms. The Balaban J connectivity index is 4.97. The van der Waals surface area contributed by atoms with Gasteiger partial charge in [0.2, 0.25) is 11.8 Å². The van der Waals surface area contributed by atoms with Gasteiger partial charge in [0.15, 0.2) is 0 Å². The molecule has 6 nitrogen and oxygen atoms in total. The van der Waals surface area contributed by atoms with Gasteiger partial charge in [0.05, 0.1) is 0 Å². The summed E-state index contributed by atoms with van der Waals surface area (Å²) in [6.07, 6.45) is 0. The lowest BCUT2D eigenvalue weighted by Crippen LogP contribution is -2.55. The second-order valence-corrected chi connectivity index (χ2v) is 4.33. The molecule has 2 amide bonds. The molecule has 0 aromatic carbocycles. The standard InChI is InChI=1S/C10H18N2O4S2/c1-3-12(8(5-18)10(15)16)9(14)7(4-17)11-6(2)13/h7-8,17-18H,3-5H2,1-2H3,(H,11,13)(H,15,16)/t7-,8+/m0/s1. The minimum atomic E-state index is -1.12. The molecule has 0 heterocycles. The van der Waals surface area contributed by atoms with E-state index >= 15 is 0 Å². The minimum absolute atomic E-state index is 0.00821. The van der Waals surface area contributed by atoms with E-state index < -0.39 is 24.0 Å². The lowest BCUT2D eigenvalue weighted by molar-refractivity contribution is -0.149. The third-order valence-corrected chi connectivity index (χ3v) is 3.03. The number of likely N-dealkylation sites (N-methyl/N-ethyl adjacent to an activating group) is 1. The van der Waals surface area contributed by atoms with Crippen molar-refractivity contribution in [1.29, 1.82) is 0 Å². The van der Waals surface area contributed by atoms with Gasteiger partial charge in [-0.25, -0.2) is 4.79 Å². The molecule has 0 aliphatic rings. The normalized spacial score (nSPS) is 13.6. The maximum Gasteiger partial charge on any atom is 0.327 e. The monoisotopic (exact) mass is 294 g/mol. The van der Waals surface area contributed by atoms with E-state index in [4.69, 9.17) is 5.11 Å². The molecule has 2 atom stereocenters. The summed E-state index contributed by atoms with van der Waals surface area (Å²) in [6.45, 7) is 3.17. The quantitative estimate of drug-likeness (QED) is 0.484. The van der Waals surface area contributed by atoms with Crippen LogP contribution in [-0.4, -0.2) is 57.9 Å². The Morgan fingerprint density at radius 2 is 1.83 bits per heavy atom. The molecule has 0 aromatic heterocycles. The molecule has 0 aliphatic carbocycles. The van der Waals surface area contributed by atoms with E-state index in [1.807, 2.05) is 0 Å². The van der Waals surface area contributed by atoms with Gasteiger partial charge in [-0.2, -0.15) is 25.3 Å². The third-order valence-electron chi connectivity index (χ3n) is 2.32. The fraction of sp³-hybridized carbons (Fsp3) is 0.700. The summed E-state index contributed by atoms with van der Waals surface area (Å²) >= 11 is 7.91. The molecule has 18 heavy (non-hydrogen) atoms. The Hall–Kier alpha value is -0.890. The number of thiol groups is 2. The zero-order chi connectivity index (χ0) is 14.3. The first-order valence-corrected chi connectivity index (χ1v) is 6.67. The average Bonchev–Trinajstić information content (AvgIpc) is 2.31. The van der Waals surface area contributed by atoms with Crippen LogP contribution >= 0.6 is 25.3 Å². The molecule has 0 rings (SSSR count). The fourth-order valence-electron chi connectivity index (χ4n) is 1.47. The van der Waals surface area contributed by atoms with E-state index in [0.29, 0.717) is 0 Å². The van der Waals surface area contributed by atoms with Crippen LogP contribution in [0.15, 0.2) is 0 Å². The van der Waals surface area contributed by atoms with Gasteiger partial charge in [0.1, 0.15) is 12.1 Å². The summed E-state index contributed by atoms with van der Waals surface area (Å²) in [5.74, 6) is -1.84. The average molecular weight is 294 g/mol. The highest BCUT2D eigenvalue weighted by atomic mass is 32.1. The van der Waals surface area contributed by atoms with Crippen LogP contribution in [0.2, 0.25) is 0 Å². The van der Waals surface area contributed by atoms with Crippen LogP contribution in [0.25, 0.3) is 0 Å². The number of amides is 2. The second kappa shape index (κ2) is 8.25. The molecule has 0 aliphatic heterocycles. The highest BCUT2D eigenvalue weighted by molar-refractivity contribution is 7.80. The number of carbonyl (C=O) groups is 3. The van der Waals surface area contributed by atoms with Crippen molar-refractivity contribution in [3.8, 4) is 0 Å². The molecule has 0 unspecified atom stereocenters. The van der Waals surface area contributed by atoms with E-state index in [0.717, 1.165) is 0 Å². The number of nitrogens with one attached hydrogen (secondary N) is 1. The van der Waals surface area contributed by atoms with Crippen molar-refractivity contribution in [3.63, 3.8) is 0 Å². The van der Waals surface area contributed by atoms with Gasteiger partial charge in [-0.3, -0.25) is 9.59 Å². The van der Waals surface area contributed by atoms with Crippen molar-refractivity contribution in [2.24, 2.45) is 0 Å². The maximum atomic E-state index is 12.1. The first-order chi connectivity index (χ1) is 8.38. The first kappa shape index (κ1) is 17.1. The van der Waals surface area contributed by atoms with Gasteiger partial charge in [-0.15, -0.1) is 0 Å². The van der Waals surface area contributed by atoms with Crippen molar-refractivity contribution in [2.45, 2.75) is 25.9 Å². The lowest BCUT2D eigenvalue weighted by atomic mass is 10.2. The van der Waals surface area contributed by atoms with Crippen molar-refractivity contribution >= 4 is 43.0 Å². The summed E-state index contributed by atoms with van der Waals surface area (Å²) in [4.78, 5) is 35.3. The van der Waals surface area contributed by atoms with Gasteiger partial charge >= 0.3 is 5.97 Å². The van der Waals surface area contributed by atoms with Gasteiger partial charge in [0.25, 0.3) is 0 Å². The lowest BCUT2D eigenvalue weighted by Gasteiger charge is -2.30. The molecular formula is C10H18N2O4S2. The Morgan fingerprint density at radius 1 is 1.28 bits per heavy atom. The molecular weight excluding hydrogens is 276 g/mol. The van der Waals surface area contributed by atoms with Gasteiger partial charge in [-0.05, 0) is 6.92 Å². The number of rotatable bonds is 7. The Morgan fingerprint density at radius 3 is 2.11 bits per heavy atom. The predicted octanol–water partition coefficient (Wildman–Crippen LogP) is -0.348. The number of carbonyl (C=O) groups excluding carboxylic acids is 2. The summed E-state index contributed by atoms with van der Waals surface area (Å²) in [6, 6.07) is -1.84. The van der Waals surface area contributed by atoms with E-state index in [-0.39, 0.29) is 24.0 Å². The predicted molar refractivity (Wildman–Crippen MR) is 74.1 cm³/mol. The van der Waals surface area contributed by atoms with E-state index in [2.05, 4.69) is 30.6 Å². The van der Waals surface area contributed by atoms with Crippen LogP contribution in [0.4, 0.5) is 0 Å². The van der Waals surface area contributed by atoms with Crippen LogP contribution in [0.3, 0.4) is 0 Å². The van der Waals surface area contributed by atoms with Crippen molar-refractivity contribution in [3.05, 3.63) is 0 Å². The van der Waals surface area contributed by atoms with Gasteiger partial charge in [0, 0.05) is 25.0 Å². The summed E-state index contributed by atoms with van der Waals surface area (Å²) in [7, 11) is 0. The van der Waals surface area contributed by atoms with E-state index in [9.17, 15) is 14.4 Å². The van der Waals surface area contributed by atoms with Gasteiger partial charge in [-0.1, -0.05) is 0 Å². The van der Waals surface area contributed by atoms with Crippen molar-refractivity contribution in [1.82, 2.24) is 10.2 Å². The summed E-state index contributed by atoms with van der Waals surface area (Å²) < 4.78 is 0. The minimum Gasteiger partial charge on any atom is -0.480 e. The molecule has 0 radical (unpaired) electrons. The van der Waals surface area contributed by atoms with Crippen LogP contribution in [0, 0.1) is 0 Å². The first-order valence-electron chi connectivity index (χ1n) is 5.41. The van der Waals surface area contributed by atoms with Crippen LogP contribution in [0.5, 0.6) is 0 Å².